The molecule has 1 heterocycles. The zero-order valence-corrected chi connectivity index (χ0v) is 10.3. The van der Waals surface area contributed by atoms with E-state index < -0.39 is 0 Å². The van der Waals surface area contributed by atoms with E-state index in [1.165, 1.54) is 5.56 Å². The Morgan fingerprint density at radius 1 is 1.24 bits per heavy atom. The summed E-state index contributed by atoms with van der Waals surface area (Å²) in [6.45, 7) is 4.43. The van der Waals surface area contributed by atoms with Gasteiger partial charge in [-0.1, -0.05) is 37.2 Å². The van der Waals surface area contributed by atoms with Crippen molar-refractivity contribution in [3.8, 4) is 11.3 Å². The lowest BCUT2D eigenvalue weighted by Gasteiger charge is -2.13. The summed E-state index contributed by atoms with van der Waals surface area (Å²) in [7, 11) is 0. The molecule has 0 amide bonds. The van der Waals surface area contributed by atoms with Crippen molar-refractivity contribution >= 4 is 5.88 Å². The van der Waals surface area contributed by atoms with Gasteiger partial charge < -0.3 is 10.3 Å². The molecule has 0 saturated carbocycles. The molecule has 0 fully saturated rings. The Hall–Kier alpha value is -1.77. The Labute approximate surface area is 102 Å². The zero-order valence-electron chi connectivity index (χ0n) is 10.3. The highest BCUT2D eigenvalue weighted by Crippen LogP contribution is 2.27. The fourth-order valence-electron chi connectivity index (χ4n) is 2.14. The minimum Gasteiger partial charge on any atom is -0.368 e. The van der Waals surface area contributed by atoms with E-state index in [0.717, 1.165) is 24.1 Å². The van der Waals surface area contributed by atoms with Crippen LogP contribution in [0.3, 0.4) is 0 Å². The second-order valence-corrected chi connectivity index (χ2v) is 4.25. The third-order valence-corrected chi connectivity index (χ3v) is 3.17. The van der Waals surface area contributed by atoms with Gasteiger partial charge in [0.25, 0.3) is 0 Å². The first-order valence-electron chi connectivity index (χ1n) is 6.07. The van der Waals surface area contributed by atoms with Gasteiger partial charge in [-0.05, 0) is 30.4 Å². The summed E-state index contributed by atoms with van der Waals surface area (Å²) in [6, 6.07) is 10.2. The van der Waals surface area contributed by atoms with Gasteiger partial charge in [-0.2, -0.15) is 0 Å². The van der Waals surface area contributed by atoms with Crippen molar-refractivity contribution in [2.45, 2.75) is 32.6 Å². The number of rotatable bonds is 4. The van der Waals surface area contributed by atoms with Gasteiger partial charge in [-0.25, -0.2) is 0 Å². The van der Waals surface area contributed by atoms with Crippen molar-refractivity contribution in [1.29, 1.82) is 0 Å². The highest BCUT2D eigenvalue weighted by molar-refractivity contribution is 5.62. The van der Waals surface area contributed by atoms with Crippen molar-refractivity contribution in [2.24, 2.45) is 0 Å². The number of nitrogens with two attached hydrogens (primary N) is 1. The molecule has 0 spiro atoms. The standard InChI is InChI=1S/C14H18N2O/c1-3-10(4-2)11-6-5-7-12(8-11)13-9-14(15)17-16-13/h5-10H,3-4,15H2,1-2H3. The largest absolute Gasteiger partial charge is 0.368 e. The minimum absolute atomic E-state index is 0.355. The maximum atomic E-state index is 5.54. The predicted molar refractivity (Wildman–Crippen MR) is 69.7 cm³/mol. The molecular formula is C14H18N2O. The van der Waals surface area contributed by atoms with Gasteiger partial charge in [0, 0.05) is 11.6 Å². The highest BCUT2D eigenvalue weighted by Gasteiger charge is 2.09. The number of nitrogen functional groups attached to an aromatic ring is 1. The summed E-state index contributed by atoms with van der Waals surface area (Å²) in [5.41, 5.74) is 8.76. The topological polar surface area (TPSA) is 52.0 Å². The molecule has 2 N–H and O–H groups in total. The van der Waals surface area contributed by atoms with E-state index in [1.54, 1.807) is 6.07 Å². The van der Waals surface area contributed by atoms with Crippen molar-refractivity contribution in [3.63, 3.8) is 0 Å². The van der Waals surface area contributed by atoms with Gasteiger partial charge in [0.2, 0.25) is 5.88 Å². The van der Waals surface area contributed by atoms with E-state index >= 15 is 0 Å². The molecule has 2 rings (SSSR count). The molecule has 3 nitrogen and oxygen atoms in total. The Balaban J connectivity index is 2.34. The zero-order chi connectivity index (χ0) is 12.3. The molecule has 0 aliphatic heterocycles. The maximum Gasteiger partial charge on any atom is 0.222 e. The molecule has 0 aliphatic carbocycles. The Kier molecular flexibility index (Phi) is 3.47. The molecular weight excluding hydrogens is 212 g/mol. The maximum absolute atomic E-state index is 5.54. The summed E-state index contributed by atoms with van der Waals surface area (Å²) in [4.78, 5) is 0. The Bertz CT molecular complexity index is 486. The molecule has 0 atom stereocenters. The SMILES string of the molecule is CCC(CC)c1cccc(-c2cc(N)on2)c1. The second-order valence-electron chi connectivity index (χ2n) is 4.25. The number of hydrogen-bond donors (Lipinski definition) is 1. The minimum atomic E-state index is 0.355. The van der Waals surface area contributed by atoms with Crippen LogP contribution in [0.2, 0.25) is 0 Å². The molecule has 0 bridgehead atoms. The first-order valence-corrected chi connectivity index (χ1v) is 6.07. The monoisotopic (exact) mass is 230 g/mol. The number of aromatic nitrogens is 1. The van der Waals surface area contributed by atoms with Crippen molar-refractivity contribution in [3.05, 3.63) is 35.9 Å². The number of benzene rings is 1. The summed E-state index contributed by atoms with van der Waals surface area (Å²) in [5, 5.41) is 3.94. The molecule has 3 heteroatoms. The average molecular weight is 230 g/mol. The van der Waals surface area contributed by atoms with E-state index in [-0.39, 0.29) is 0 Å². The van der Waals surface area contributed by atoms with Crippen LogP contribution in [0.25, 0.3) is 11.3 Å². The number of anilines is 1. The Morgan fingerprint density at radius 3 is 2.59 bits per heavy atom. The lowest BCUT2D eigenvalue weighted by Crippen LogP contribution is -1.95. The van der Waals surface area contributed by atoms with Crippen molar-refractivity contribution in [2.75, 3.05) is 5.73 Å². The van der Waals surface area contributed by atoms with Crippen LogP contribution in [0.15, 0.2) is 34.9 Å². The van der Waals surface area contributed by atoms with Gasteiger partial charge in [-0.3, -0.25) is 0 Å². The van der Waals surface area contributed by atoms with Crippen LogP contribution in [-0.2, 0) is 0 Å². The third kappa shape index (κ3) is 2.49. The summed E-state index contributed by atoms with van der Waals surface area (Å²) >= 11 is 0. The van der Waals surface area contributed by atoms with Gasteiger partial charge in [-0.15, -0.1) is 0 Å². The molecule has 0 radical (unpaired) electrons. The van der Waals surface area contributed by atoms with Gasteiger partial charge in [0.05, 0.1) is 0 Å². The van der Waals surface area contributed by atoms with Crippen LogP contribution >= 0.6 is 0 Å². The quantitative estimate of drug-likeness (QED) is 0.868. The van der Waals surface area contributed by atoms with Crippen molar-refractivity contribution in [1.82, 2.24) is 5.16 Å². The van der Waals surface area contributed by atoms with Gasteiger partial charge in [0.15, 0.2) is 0 Å². The third-order valence-electron chi connectivity index (χ3n) is 3.17. The van der Waals surface area contributed by atoms with Gasteiger partial charge in [0.1, 0.15) is 5.69 Å². The van der Waals surface area contributed by atoms with E-state index in [0.29, 0.717) is 11.8 Å². The van der Waals surface area contributed by atoms with Gasteiger partial charge >= 0.3 is 0 Å². The summed E-state index contributed by atoms with van der Waals surface area (Å²) in [6.07, 6.45) is 2.31. The first kappa shape index (κ1) is 11.7. The lowest BCUT2D eigenvalue weighted by atomic mass is 9.92. The molecule has 0 aliphatic rings. The summed E-state index contributed by atoms with van der Waals surface area (Å²) < 4.78 is 4.90. The van der Waals surface area contributed by atoms with E-state index in [4.69, 9.17) is 10.3 Å². The van der Waals surface area contributed by atoms with E-state index in [9.17, 15) is 0 Å². The highest BCUT2D eigenvalue weighted by atomic mass is 16.5. The Morgan fingerprint density at radius 2 is 2.00 bits per heavy atom. The molecule has 1 aromatic carbocycles. The molecule has 17 heavy (non-hydrogen) atoms. The van der Waals surface area contributed by atoms with E-state index in [1.807, 2.05) is 6.07 Å². The lowest BCUT2D eigenvalue weighted by molar-refractivity contribution is 0.439. The molecule has 0 unspecified atom stereocenters. The number of nitrogens with zero attached hydrogens (tertiary/aromatic N) is 1. The first-order chi connectivity index (χ1) is 8.24. The molecule has 1 aromatic heterocycles. The predicted octanol–water partition coefficient (Wildman–Crippen LogP) is 3.83. The van der Waals surface area contributed by atoms with Crippen molar-refractivity contribution < 1.29 is 4.52 Å². The van der Waals surface area contributed by atoms with Crippen LogP contribution in [0.5, 0.6) is 0 Å². The van der Waals surface area contributed by atoms with Crippen LogP contribution in [0, 0.1) is 0 Å². The van der Waals surface area contributed by atoms with Crippen LogP contribution in [0.4, 0.5) is 5.88 Å². The molecule has 2 aromatic rings. The fraction of sp³-hybridized carbons (Fsp3) is 0.357. The molecule has 0 saturated heterocycles. The second kappa shape index (κ2) is 5.04. The number of hydrogen-bond acceptors (Lipinski definition) is 3. The van der Waals surface area contributed by atoms with Crippen LogP contribution in [0.1, 0.15) is 38.2 Å². The summed E-state index contributed by atoms with van der Waals surface area (Å²) in [5.74, 6) is 0.965. The normalized spacial score (nSPS) is 11.0. The van der Waals surface area contributed by atoms with Crippen LogP contribution < -0.4 is 5.73 Å². The van der Waals surface area contributed by atoms with E-state index in [2.05, 4.69) is 37.2 Å². The smallest absolute Gasteiger partial charge is 0.222 e. The fourth-order valence-corrected chi connectivity index (χ4v) is 2.14. The molecule has 90 valence electrons. The van der Waals surface area contributed by atoms with Crippen LogP contribution in [-0.4, -0.2) is 5.16 Å². The average Bonchev–Trinajstić information content (AvgIpc) is 2.78.